The Morgan fingerprint density at radius 3 is 2.50 bits per heavy atom. The minimum atomic E-state index is -1.28. The van der Waals surface area contributed by atoms with Crippen molar-refractivity contribution in [3.05, 3.63) is 35.4 Å². The summed E-state index contributed by atoms with van der Waals surface area (Å²) in [5.74, 6) is -0.713. The van der Waals surface area contributed by atoms with E-state index in [1.807, 2.05) is 6.07 Å². The number of carbonyl (C=O) groups excluding carboxylic acids is 1. The summed E-state index contributed by atoms with van der Waals surface area (Å²) >= 11 is 0. The molecule has 72 valence electrons. The molecule has 0 radical (unpaired) electrons. The second-order valence-electron chi connectivity index (χ2n) is 2.66. The standard InChI is InChI=1S/C10H9NO3/c1-14-10(13)9(12)8-4-2-7(6-11)3-5-8/h2-5,9,12H,1H3/t9-/m1/s1. The van der Waals surface area contributed by atoms with E-state index in [1.165, 1.54) is 31.4 Å². The van der Waals surface area contributed by atoms with Gasteiger partial charge in [0.15, 0.2) is 6.10 Å². The lowest BCUT2D eigenvalue weighted by atomic mass is 10.1. The van der Waals surface area contributed by atoms with Gasteiger partial charge in [-0.25, -0.2) is 4.79 Å². The number of hydrogen-bond donors (Lipinski definition) is 1. The lowest BCUT2D eigenvalue weighted by molar-refractivity contribution is -0.150. The van der Waals surface area contributed by atoms with Crippen molar-refractivity contribution in [3.63, 3.8) is 0 Å². The van der Waals surface area contributed by atoms with Crippen molar-refractivity contribution in [2.75, 3.05) is 7.11 Å². The molecular formula is C10H9NO3. The molecule has 1 N–H and O–H groups in total. The Hall–Kier alpha value is -1.86. The van der Waals surface area contributed by atoms with Crippen molar-refractivity contribution in [2.45, 2.75) is 6.10 Å². The minimum Gasteiger partial charge on any atom is -0.467 e. The van der Waals surface area contributed by atoms with E-state index in [0.29, 0.717) is 11.1 Å². The molecule has 14 heavy (non-hydrogen) atoms. The van der Waals surface area contributed by atoms with Crippen LogP contribution in [0.4, 0.5) is 0 Å². The molecular weight excluding hydrogens is 182 g/mol. The van der Waals surface area contributed by atoms with Crippen molar-refractivity contribution < 1.29 is 14.6 Å². The van der Waals surface area contributed by atoms with E-state index in [2.05, 4.69) is 4.74 Å². The molecule has 1 atom stereocenters. The van der Waals surface area contributed by atoms with Gasteiger partial charge in [0.05, 0.1) is 18.7 Å². The molecule has 1 rings (SSSR count). The first-order valence-electron chi connectivity index (χ1n) is 3.95. The number of hydrogen-bond acceptors (Lipinski definition) is 4. The van der Waals surface area contributed by atoms with E-state index in [4.69, 9.17) is 5.26 Å². The molecule has 1 aromatic rings. The Kier molecular flexibility index (Phi) is 3.21. The summed E-state index contributed by atoms with van der Waals surface area (Å²) in [6.07, 6.45) is -1.28. The molecule has 0 heterocycles. The number of aliphatic hydroxyl groups excluding tert-OH is 1. The van der Waals surface area contributed by atoms with E-state index in [1.54, 1.807) is 0 Å². The third kappa shape index (κ3) is 2.09. The summed E-state index contributed by atoms with van der Waals surface area (Å²) in [5.41, 5.74) is 0.890. The van der Waals surface area contributed by atoms with Crippen LogP contribution < -0.4 is 0 Å². The average Bonchev–Trinajstić information content (AvgIpc) is 2.27. The average molecular weight is 191 g/mol. The van der Waals surface area contributed by atoms with Crippen molar-refractivity contribution in [3.8, 4) is 6.07 Å². The van der Waals surface area contributed by atoms with Crippen LogP contribution in [-0.2, 0) is 9.53 Å². The molecule has 0 saturated carbocycles. The number of rotatable bonds is 2. The largest absolute Gasteiger partial charge is 0.467 e. The zero-order valence-corrected chi connectivity index (χ0v) is 7.60. The summed E-state index contributed by atoms with van der Waals surface area (Å²) < 4.78 is 4.37. The molecule has 0 unspecified atom stereocenters. The van der Waals surface area contributed by atoms with Gasteiger partial charge in [-0.2, -0.15) is 5.26 Å². The molecule has 0 amide bonds. The zero-order valence-electron chi connectivity index (χ0n) is 7.60. The number of ether oxygens (including phenoxy) is 1. The number of nitrogens with zero attached hydrogens (tertiary/aromatic N) is 1. The molecule has 0 aliphatic heterocycles. The van der Waals surface area contributed by atoms with Crippen LogP contribution in [0.2, 0.25) is 0 Å². The maximum Gasteiger partial charge on any atom is 0.339 e. The van der Waals surface area contributed by atoms with Crippen LogP contribution in [0.3, 0.4) is 0 Å². The summed E-state index contributed by atoms with van der Waals surface area (Å²) in [7, 11) is 1.20. The molecule has 0 aromatic heterocycles. The highest BCUT2D eigenvalue weighted by Crippen LogP contribution is 2.14. The van der Waals surface area contributed by atoms with Gasteiger partial charge in [0.2, 0.25) is 0 Å². The summed E-state index contributed by atoms with van der Waals surface area (Å²) in [5, 5.41) is 17.9. The van der Waals surface area contributed by atoms with Crippen LogP contribution in [0.25, 0.3) is 0 Å². The fraction of sp³-hybridized carbons (Fsp3) is 0.200. The first kappa shape index (κ1) is 10.2. The Bertz CT molecular complexity index is 364. The van der Waals surface area contributed by atoms with Crippen LogP contribution in [0, 0.1) is 11.3 Å². The number of carbonyl (C=O) groups is 1. The summed E-state index contributed by atoms with van der Waals surface area (Å²) in [4.78, 5) is 10.9. The van der Waals surface area contributed by atoms with Gasteiger partial charge in [-0.1, -0.05) is 12.1 Å². The number of aliphatic hydroxyl groups is 1. The fourth-order valence-corrected chi connectivity index (χ4v) is 0.988. The fourth-order valence-electron chi connectivity index (χ4n) is 0.988. The molecule has 0 spiro atoms. The number of esters is 1. The molecule has 1 aromatic carbocycles. The van der Waals surface area contributed by atoms with Crippen LogP contribution in [0.15, 0.2) is 24.3 Å². The van der Waals surface area contributed by atoms with E-state index >= 15 is 0 Å². The number of benzene rings is 1. The Morgan fingerprint density at radius 2 is 2.07 bits per heavy atom. The first-order chi connectivity index (χ1) is 6.69. The second kappa shape index (κ2) is 4.40. The van der Waals surface area contributed by atoms with E-state index in [0.717, 1.165) is 0 Å². The van der Waals surface area contributed by atoms with Crippen LogP contribution >= 0.6 is 0 Å². The van der Waals surface area contributed by atoms with E-state index in [9.17, 15) is 9.90 Å². The quantitative estimate of drug-likeness (QED) is 0.701. The van der Waals surface area contributed by atoms with Crippen LogP contribution in [-0.4, -0.2) is 18.2 Å². The van der Waals surface area contributed by atoms with Crippen molar-refractivity contribution in [1.82, 2.24) is 0 Å². The number of nitriles is 1. The molecule has 0 fully saturated rings. The smallest absolute Gasteiger partial charge is 0.339 e. The lowest BCUT2D eigenvalue weighted by Gasteiger charge is -2.07. The predicted octanol–water partition coefficient (Wildman–Crippen LogP) is 0.765. The predicted molar refractivity (Wildman–Crippen MR) is 48.1 cm³/mol. The van der Waals surface area contributed by atoms with E-state index in [-0.39, 0.29) is 0 Å². The highest BCUT2D eigenvalue weighted by atomic mass is 16.5. The lowest BCUT2D eigenvalue weighted by Crippen LogP contribution is -2.13. The maximum absolute atomic E-state index is 10.9. The first-order valence-corrected chi connectivity index (χ1v) is 3.95. The minimum absolute atomic E-state index is 0.413. The molecule has 0 aliphatic carbocycles. The Balaban J connectivity index is 2.88. The van der Waals surface area contributed by atoms with E-state index < -0.39 is 12.1 Å². The summed E-state index contributed by atoms with van der Waals surface area (Å²) in [6.45, 7) is 0. The molecule has 0 bridgehead atoms. The molecule has 4 heteroatoms. The van der Waals surface area contributed by atoms with Gasteiger partial charge < -0.3 is 9.84 Å². The van der Waals surface area contributed by atoms with Gasteiger partial charge in [0, 0.05) is 0 Å². The topological polar surface area (TPSA) is 70.3 Å². The van der Waals surface area contributed by atoms with Crippen molar-refractivity contribution in [2.24, 2.45) is 0 Å². The SMILES string of the molecule is COC(=O)[C@H](O)c1ccc(C#N)cc1. The Labute approximate surface area is 81.4 Å². The van der Waals surface area contributed by atoms with Gasteiger partial charge in [-0.3, -0.25) is 0 Å². The van der Waals surface area contributed by atoms with Gasteiger partial charge >= 0.3 is 5.97 Å². The Morgan fingerprint density at radius 1 is 1.50 bits per heavy atom. The maximum atomic E-state index is 10.9. The van der Waals surface area contributed by atoms with Crippen LogP contribution in [0.1, 0.15) is 17.2 Å². The van der Waals surface area contributed by atoms with Gasteiger partial charge in [0.25, 0.3) is 0 Å². The van der Waals surface area contributed by atoms with Gasteiger partial charge in [-0.15, -0.1) is 0 Å². The highest BCUT2D eigenvalue weighted by molar-refractivity contribution is 5.76. The van der Waals surface area contributed by atoms with Gasteiger partial charge in [-0.05, 0) is 17.7 Å². The molecule has 0 saturated heterocycles. The van der Waals surface area contributed by atoms with Crippen molar-refractivity contribution >= 4 is 5.97 Å². The second-order valence-corrected chi connectivity index (χ2v) is 2.66. The molecule has 4 nitrogen and oxygen atoms in total. The third-order valence-electron chi connectivity index (χ3n) is 1.78. The van der Waals surface area contributed by atoms with Crippen LogP contribution in [0.5, 0.6) is 0 Å². The zero-order chi connectivity index (χ0) is 10.6. The number of methoxy groups -OCH3 is 1. The monoisotopic (exact) mass is 191 g/mol. The third-order valence-corrected chi connectivity index (χ3v) is 1.78. The molecule has 0 aliphatic rings. The van der Waals surface area contributed by atoms with Gasteiger partial charge in [0.1, 0.15) is 0 Å². The van der Waals surface area contributed by atoms with Crippen molar-refractivity contribution in [1.29, 1.82) is 5.26 Å². The highest BCUT2D eigenvalue weighted by Gasteiger charge is 2.17. The normalized spacial score (nSPS) is 11.5. The summed E-state index contributed by atoms with van der Waals surface area (Å²) in [6, 6.07) is 8.03.